The van der Waals surface area contributed by atoms with Crippen molar-refractivity contribution in [3.8, 4) is 0 Å². The first-order valence-electron chi connectivity index (χ1n) is 6.86. The highest BCUT2D eigenvalue weighted by molar-refractivity contribution is 5.67. The highest BCUT2D eigenvalue weighted by Gasteiger charge is 2.24. The first kappa shape index (κ1) is 15.2. The predicted octanol–water partition coefficient (Wildman–Crippen LogP) is 2.34. The summed E-state index contributed by atoms with van der Waals surface area (Å²) in [6, 6.07) is 5.95. The standard InChI is InChI=1S/C14H18N2O5/c1-2-13-9-15(7-8-20-13)14(17)21-10-11-3-5-12(6-4-11)16(18)19/h3-6,13H,2,7-10H2,1H3. The number of carbonyl (C=O) groups is 1. The zero-order chi connectivity index (χ0) is 15.2. The number of benzene rings is 1. The SMILES string of the molecule is CCC1CN(C(=O)OCc2ccc([N+](=O)[O-])cc2)CCO1. The maximum Gasteiger partial charge on any atom is 0.410 e. The van der Waals surface area contributed by atoms with E-state index in [2.05, 4.69) is 0 Å². The van der Waals surface area contributed by atoms with Gasteiger partial charge in [-0.15, -0.1) is 0 Å². The molecule has 2 rings (SSSR count). The Balaban J connectivity index is 1.84. The third-order valence-corrected chi connectivity index (χ3v) is 3.36. The van der Waals surface area contributed by atoms with E-state index in [0.717, 1.165) is 6.42 Å². The molecule has 1 saturated heterocycles. The number of carbonyl (C=O) groups excluding carboxylic acids is 1. The van der Waals surface area contributed by atoms with E-state index in [-0.39, 0.29) is 24.5 Å². The number of non-ortho nitro benzene ring substituents is 1. The normalized spacial score (nSPS) is 18.3. The largest absolute Gasteiger partial charge is 0.445 e. The van der Waals surface area contributed by atoms with Crippen LogP contribution in [0, 0.1) is 10.1 Å². The first-order valence-corrected chi connectivity index (χ1v) is 6.86. The lowest BCUT2D eigenvalue weighted by atomic mass is 10.2. The fraction of sp³-hybridized carbons (Fsp3) is 0.500. The number of morpholine rings is 1. The van der Waals surface area contributed by atoms with Gasteiger partial charge in [0, 0.05) is 18.7 Å². The summed E-state index contributed by atoms with van der Waals surface area (Å²) in [5.74, 6) is 0. The molecule has 7 nitrogen and oxygen atoms in total. The second-order valence-electron chi connectivity index (χ2n) is 4.83. The highest BCUT2D eigenvalue weighted by atomic mass is 16.6. The number of amides is 1. The number of hydrogen-bond acceptors (Lipinski definition) is 5. The van der Waals surface area contributed by atoms with Crippen LogP contribution in [0.25, 0.3) is 0 Å². The molecule has 0 N–H and O–H groups in total. The number of hydrogen-bond donors (Lipinski definition) is 0. The Morgan fingerprint density at radius 3 is 2.81 bits per heavy atom. The zero-order valence-electron chi connectivity index (χ0n) is 11.9. The van der Waals surface area contributed by atoms with Crippen LogP contribution in [0.5, 0.6) is 0 Å². The average Bonchev–Trinajstić information content (AvgIpc) is 2.53. The van der Waals surface area contributed by atoms with Crippen LogP contribution in [0.4, 0.5) is 10.5 Å². The Labute approximate surface area is 122 Å². The second kappa shape index (κ2) is 7.03. The van der Waals surface area contributed by atoms with Crippen molar-refractivity contribution < 1.29 is 19.2 Å². The van der Waals surface area contributed by atoms with Crippen LogP contribution in [0.1, 0.15) is 18.9 Å². The number of nitro groups is 1. The summed E-state index contributed by atoms with van der Waals surface area (Å²) in [7, 11) is 0. The Morgan fingerprint density at radius 1 is 1.48 bits per heavy atom. The molecule has 1 aliphatic heterocycles. The summed E-state index contributed by atoms with van der Waals surface area (Å²) in [5, 5.41) is 10.5. The van der Waals surface area contributed by atoms with E-state index in [0.29, 0.717) is 25.3 Å². The van der Waals surface area contributed by atoms with Gasteiger partial charge >= 0.3 is 6.09 Å². The van der Waals surface area contributed by atoms with Crippen molar-refractivity contribution in [3.05, 3.63) is 39.9 Å². The lowest BCUT2D eigenvalue weighted by Gasteiger charge is -2.31. The van der Waals surface area contributed by atoms with Crippen LogP contribution in [-0.4, -0.2) is 41.7 Å². The van der Waals surface area contributed by atoms with Gasteiger partial charge in [0.2, 0.25) is 0 Å². The van der Waals surface area contributed by atoms with Crippen LogP contribution in [0.3, 0.4) is 0 Å². The van der Waals surface area contributed by atoms with Crippen LogP contribution in [0.2, 0.25) is 0 Å². The number of rotatable bonds is 4. The maximum absolute atomic E-state index is 11.9. The minimum atomic E-state index is -0.464. The third kappa shape index (κ3) is 4.16. The van der Waals surface area contributed by atoms with Crippen molar-refractivity contribution >= 4 is 11.8 Å². The summed E-state index contributed by atoms with van der Waals surface area (Å²) in [5.41, 5.74) is 0.735. The smallest absolute Gasteiger partial charge is 0.410 e. The Hall–Kier alpha value is -2.15. The van der Waals surface area contributed by atoms with Crippen molar-refractivity contribution in [2.45, 2.75) is 26.1 Å². The van der Waals surface area contributed by atoms with Crippen LogP contribution in [-0.2, 0) is 16.1 Å². The molecule has 1 unspecified atom stereocenters. The van der Waals surface area contributed by atoms with E-state index in [1.807, 2.05) is 6.92 Å². The van der Waals surface area contributed by atoms with Gasteiger partial charge in [-0.2, -0.15) is 0 Å². The highest BCUT2D eigenvalue weighted by Crippen LogP contribution is 2.14. The van der Waals surface area contributed by atoms with Gasteiger partial charge in [0.25, 0.3) is 5.69 Å². The fourth-order valence-corrected chi connectivity index (χ4v) is 2.08. The molecule has 0 aromatic heterocycles. The lowest BCUT2D eigenvalue weighted by Crippen LogP contribution is -2.45. The maximum atomic E-state index is 11.9. The minimum absolute atomic E-state index is 0.0176. The molecule has 1 aliphatic rings. The Kier molecular flexibility index (Phi) is 5.10. The molecule has 1 heterocycles. The summed E-state index contributed by atoms with van der Waals surface area (Å²) in [6.45, 7) is 3.69. The van der Waals surface area contributed by atoms with E-state index in [1.54, 1.807) is 17.0 Å². The number of nitro benzene ring substituents is 1. The van der Waals surface area contributed by atoms with Gasteiger partial charge in [-0.3, -0.25) is 10.1 Å². The van der Waals surface area contributed by atoms with Gasteiger partial charge < -0.3 is 14.4 Å². The number of ether oxygens (including phenoxy) is 2. The average molecular weight is 294 g/mol. The topological polar surface area (TPSA) is 81.9 Å². The van der Waals surface area contributed by atoms with E-state index >= 15 is 0 Å². The summed E-state index contributed by atoms with van der Waals surface area (Å²) in [4.78, 5) is 23.7. The van der Waals surface area contributed by atoms with Gasteiger partial charge in [0.05, 0.1) is 24.2 Å². The summed E-state index contributed by atoms with van der Waals surface area (Å²) < 4.78 is 10.7. The van der Waals surface area contributed by atoms with E-state index in [9.17, 15) is 14.9 Å². The van der Waals surface area contributed by atoms with Crippen molar-refractivity contribution in [1.82, 2.24) is 4.90 Å². The van der Waals surface area contributed by atoms with Gasteiger partial charge in [-0.05, 0) is 24.1 Å². The molecular formula is C14H18N2O5. The molecule has 0 radical (unpaired) electrons. The van der Waals surface area contributed by atoms with E-state index < -0.39 is 4.92 Å². The molecule has 114 valence electrons. The van der Waals surface area contributed by atoms with Gasteiger partial charge in [-0.1, -0.05) is 6.92 Å². The van der Waals surface area contributed by atoms with Crippen molar-refractivity contribution in [2.75, 3.05) is 19.7 Å². The van der Waals surface area contributed by atoms with E-state index in [1.165, 1.54) is 12.1 Å². The molecule has 21 heavy (non-hydrogen) atoms. The molecule has 7 heteroatoms. The summed E-state index contributed by atoms with van der Waals surface area (Å²) >= 11 is 0. The van der Waals surface area contributed by atoms with Gasteiger partial charge in [0.1, 0.15) is 6.61 Å². The lowest BCUT2D eigenvalue weighted by molar-refractivity contribution is -0.384. The molecule has 0 bridgehead atoms. The molecule has 1 aromatic rings. The Morgan fingerprint density at radius 2 is 2.19 bits per heavy atom. The zero-order valence-corrected chi connectivity index (χ0v) is 11.9. The summed E-state index contributed by atoms with van der Waals surface area (Å²) in [6.07, 6.45) is 0.535. The van der Waals surface area contributed by atoms with Gasteiger partial charge in [0.15, 0.2) is 0 Å². The van der Waals surface area contributed by atoms with Crippen molar-refractivity contribution in [2.24, 2.45) is 0 Å². The minimum Gasteiger partial charge on any atom is -0.445 e. The molecule has 0 spiro atoms. The fourth-order valence-electron chi connectivity index (χ4n) is 2.08. The monoisotopic (exact) mass is 294 g/mol. The van der Waals surface area contributed by atoms with E-state index in [4.69, 9.17) is 9.47 Å². The molecular weight excluding hydrogens is 276 g/mol. The van der Waals surface area contributed by atoms with Crippen LogP contribution >= 0.6 is 0 Å². The molecule has 0 aliphatic carbocycles. The van der Waals surface area contributed by atoms with Crippen LogP contribution < -0.4 is 0 Å². The number of nitrogens with zero attached hydrogens (tertiary/aromatic N) is 2. The Bertz CT molecular complexity index is 503. The molecule has 1 aromatic carbocycles. The molecule has 0 saturated carbocycles. The van der Waals surface area contributed by atoms with Crippen molar-refractivity contribution in [1.29, 1.82) is 0 Å². The first-order chi connectivity index (χ1) is 10.1. The second-order valence-corrected chi connectivity index (χ2v) is 4.83. The molecule has 1 amide bonds. The predicted molar refractivity (Wildman–Crippen MR) is 74.9 cm³/mol. The quantitative estimate of drug-likeness (QED) is 0.629. The van der Waals surface area contributed by atoms with Crippen molar-refractivity contribution in [3.63, 3.8) is 0 Å². The van der Waals surface area contributed by atoms with Crippen LogP contribution in [0.15, 0.2) is 24.3 Å². The molecule has 1 fully saturated rings. The van der Waals surface area contributed by atoms with Gasteiger partial charge in [-0.25, -0.2) is 4.79 Å². The third-order valence-electron chi connectivity index (χ3n) is 3.36. The molecule has 1 atom stereocenters.